The highest BCUT2D eigenvalue weighted by Gasteiger charge is 2.13. The summed E-state index contributed by atoms with van der Waals surface area (Å²) in [6, 6.07) is 12.3. The van der Waals surface area contributed by atoms with Crippen molar-refractivity contribution in [3.63, 3.8) is 0 Å². The predicted octanol–water partition coefficient (Wildman–Crippen LogP) is 4.09. The summed E-state index contributed by atoms with van der Waals surface area (Å²) in [5.41, 5.74) is 1.59. The van der Waals surface area contributed by atoms with Crippen molar-refractivity contribution in [2.24, 2.45) is 0 Å². The molecule has 1 amide bonds. The predicted molar refractivity (Wildman–Crippen MR) is 103 cm³/mol. The van der Waals surface area contributed by atoms with Gasteiger partial charge in [-0.05, 0) is 43.1 Å². The number of rotatable bonds is 9. The van der Waals surface area contributed by atoms with E-state index in [1.807, 2.05) is 35.4 Å². The highest BCUT2D eigenvalue weighted by Crippen LogP contribution is 2.30. The Labute approximate surface area is 161 Å². The highest BCUT2D eigenvalue weighted by atomic mass is 32.2. The normalized spacial score (nSPS) is 10.9. The summed E-state index contributed by atoms with van der Waals surface area (Å²) in [6.07, 6.45) is 1.95. The van der Waals surface area contributed by atoms with E-state index in [0.717, 1.165) is 16.1 Å². The SMILES string of the molecule is COc1cc(CN(C)CC(=O)Nc2ccccc2SC)ccc1OC(F)F. The zero-order valence-corrected chi connectivity index (χ0v) is 16.2. The van der Waals surface area contributed by atoms with Gasteiger partial charge in [-0.3, -0.25) is 9.69 Å². The standard InChI is InChI=1S/C19H22F2N2O3S/c1-23(12-18(24)22-14-6-4-5-7-17(14)27-3)11-13-8-9-15(26-19(20)21)16(10-13)25-2/h4-10,19H,11-12H2,1-3H3,(H,22,24). The summed E-state index contributed by atoms with van der Waals surface area (Å²) in [5, 5.41) is 2.90. The van der Waals surface area contributed by atoms with E-state index in [-0.39, 0.29) is 24.0 Å². The van der Waals surface area contributed by atoms with Crippen LogP contribution in [0.3, 0.4) is 0 Å². The summed E-state index contributed by atoms with van der Waals surface area (Å²) >= 11 is 1.56. The molecule has 8 heteroatoms. The summed E-state index contributed by atoms with van der Waals surface area (Å²) in [4.78, 5) is 15.1. The van der Waals surface area contributed by atoms with Gasteiger partial charge in [0.05, 0.1) is 19.3 Å². The average Bonchev–Trinajstić information content (AvgIpc) is 2.62. The fourth-order valence-corrected chi connectivity index (χ4v) is 3.11. The number of para-hydroxylation sites is 1. The summed E-state index contributed by atoms with van der Waals surface area (Å²) in [7, 11) is 3.19. The number of hydrogen-bond donors (Lipinski definition) is 1. The molecule has 0 radical (unpaired) electrons. The smallest absolute Gasteiger partial charge is 0.387 e. The molecule has 0 saturated carbocycles. The first-order valence-electron chi connectivity index (χ1n) is 8.16. The van der Waals surface area contributed by atoms with E-state index in [4.69, 9.17) is 4.74 Å². The molecule has 5 nitrogen and oxygen atoms in total. The second-order valence-electron chi connectivity index (χ2n) is 5.78. The molecule has 0 heterocycles. The van der Waals surface area contributed by atoms with Crippen LogP contribution in [0.2, 0.25) is 0 Å². The third-order valence-electron chi connectivity index (χ3n) is 3.69. The van der Waals surface area contributed by atoms with E-state index in [2.05, 4.69) is 10.1 Å². The second-order valence-corrected chi connectivity index (χ2v) is 6.63. The number of hydrogen-bond acceptors (Lipinski definition) is 5. The summed E-state index contributed by atoms with van der Waals surface area (Å²) in [5.74, 6) is 0.0634. The number of ether oxygens (including phenoxy) is 2. The van der Waals surface area contributed by atoms with Crippen LogP contribution in [0.5, 0.6) is 11.5 Å². The van der Waals surface area contributed by atoms with Gasteiger partial charge in [-0.2, -0.15) is 8.78 Å². The Morgan fingerprint density at radius 1 is 1.22 bits per heavy atom. The molecule has 0 aromatic heterocycles. The molecule has 0 aliphatic heterocycles. The Bertz CT molecular complexity index is 774. The average molecular weight is 396 g/mol. The molecule has 0 aliphatic carbocycles. The van der Waals surface area contributed by atoms with Crippen LogP contribution in [0, 0.1) is 0 Å². The summed E-state index contributed by atoms with van der Waals surface area (Å²) in [6.45, 7) is -2.29. The molecule has 0 fully saturated rings. The number of nitrogens with zero attached hydrogens (tertiary/aromatic N) is 1. The molecule has 2 aromatic carbocycles. The first kappa shape index (κ1) is 21.0. The van der Waals surface area contributed by atoms with Crippen LogP contribution in [0.4, 0.5) is 14.5 Å². The van der Waals surface area contributed by atoms with E-state index < -0.39 is 6.61 Å². The fraction of sp³-hybridized carbons (Fsp3) is 0.316. The number of anilines is 1. The number of carbonyl (C=O) groups is 1. The van der Waals surface area contributed by atoms with Crippen molar-refractivity contribution in [2.75, 3.05) is 32.3 Å². The minimum atomic E-state index is -2.92. The number of halogens is 2. The number of thioether (sulfide) groups is 1. The zero-order chi connectivity index (χ0) is 19.8. The number of carbonyl (C=O) groups excluding carboxylic acids is 1. The van der Waals surface area contributed by atoms with Crippen LogP contribution >= 0.6 is 11.8 Å². The Balaban J connectivity index is 1.96. The number of nitrogens with one attached hydrogen (secondary N) is 1. The number of methoxy groups -OCH3 is 1. The third kappa shape index (κ3) is 6.41. The molecule has 2 rings (SSSR count). The van der Waals surface area contributed by atoms with Crippen LogP contribution in [0.1, 0.15) is 5.56 Å². The molecule has 0 bridgehead atoms. The van der Waals surface area contributed by atoms with E-state index >= 15 is 0 Å². The highest BCUT2D eigenvalue weighted by molar-refractivity contribution is 7.98. The third-order valence-corrected chi connectivity index (χ3v) is 4.49. The van der Waals surface area contributed by atoms with Gasteiger partial charge in [0.25, 0.3) is 0 Å². The van der Waals surface area contributed by atoms with Gasteiger partial charge in [0.15, 0.2) is 11.5 Å². The van der Waals surface area contributed by atoms with Crippen molar-refractivity contribution < 1.29 is 23.0 Å². The Kier molecular flexibility index (Phi) is 7.87. The van der Waals surface area contributed by atoms with Gasteiger partial charge >= 0.3 is 6.61 Å². The van der Waals surface area contributed by atoms with Crippen molar-refractivity contribution in [2.45, 2.75) is 18.1 Å². The number of amides is 1. The van der Waals surface area contributed by atoms with Crippen molar-refractivity contribution in [1.82, 2.24) is 4.90 Å². The van der Waals surface area contributed by atoms with Gasteiger partial charge in [-0.25, -0.2) is 0 Å². The first-order chi connectivity index (χ1) is 12.9. The van der Waals surface area contributed by atoms with Crippen molar-refractivity contribution in [3.8, 4) is 11.5 Å². The fourth-order valence-electron chi connectivity index (χ4n) is 2.55. The molecule has 146 valence electrons. The van der Waals surface area contributed by atoms with E-state index in [1.165, 1.54) is 13.2 Å². The minimum absolute atomic E-state index is 0.0229. The molecule has 2 aromatic rings. The lowest BCUT2D eigenvalue weighted by atomic mass is 10.2. The molecule has 0 saturated heterocycles. The van der Waals surface area contributed by atoms with Crippen molar-refractivity contribution in [3.05, 3.63) is 48.0 Å². The Morgan fingerprint density at radius 3 is 2.63 bits per heavy atom. The first-order valence-corrected chi connectivity index (χ1v) is 9.38. The molecule has 1 N–H and O–H groups in total. The van der Waals surface area contributed by atoms with Crippen LogP contribution in [0.25, 0.3) is 0 Å². The van der Waals surface area contributed by atoms with Gasteiger partial charge in [-0.1, -0.05) is 18.2 Å². The molecular weight excluding hydrogens is 374 g/mol. The van der Waals surface area contributed by atoms with Crippen molar-refractivity contribution >= 4 is 23.4 Å². The number of benzene rings is 2. The maximum Gasteiger partial charge on any atom is 0.387 e. The van der Waals surface area contributed by atoms with Crippen LogP contribution in [0.15, 0.2) is 47.4 Å². The van der Waals surface area contributed by atoms with Crippen molar-refractivity contribution in [1.29, 1.82) is 0 Å². The van der Waals surface area contributed by atoms with E-state index in [9.17, 15) is 13.6 Å². The van der Waals surface area contributed by atoms with E-state index in [1.54, 1.807) is 30.9 Å². The lowest BCUT2D eigenvalue weighted by Gasteiger charge is -2.18. The molecular formula is C19H22F2N2O3S. The van der Waals surface area contributed by atoms with Gasteiger partial charge in [-0.15, -0.1) is 11.8 Å². The maximum absolute atomic E-state index is 12.4. The maximum atomic E-state index is 12.4. The monoisotopic (exact) mass is 396 g/mol. The largest absolute Gasteiger partial charge is 0.493 e. The van der Waals surface area contributed by atoms with Gasteiger partial charge in [0.1, 0.15) is 0 Å². The number of likely N-dealkylation sites (N-methyl/N-ethyl adjacent to an activating group) is 1. The molecule has 0 unspecified atom stereocenters. The van der Waals surface area contributed by atoms with Crippen LogP contribution in [-0.2, 0) is 11.3 Å². The topological polar surface area (TPSA) is 50.8 Å². The lowest BCUT2D eigenvalue weighted by Crippen LogP contribution is -2.30. The Morgan fingerprint density at radius 2 is 1.96 bits per heavy atom. The quantitative estimate of drug-likeness (QED) is 0.647. The molecule has 27 heavy (non-hydrogen) atoms. The second kappa shape index (κ2) is 10.1. The van der Waals surface area contributed by atoms with Crippen LogP contribution in [-0.4, -0.2) is 44.4 Å². The molecule has 0 spiro atoms. The summed E-state index contributed by atoms with van der Waals surface area (Å²) < 4.78 is 34.3. The zero-order valence-electron chi connectivity index (χ0n) is 15.4. The lowest BCUT2D eigenvalue weighted by molar-refractivity contribution is -0.117. The molecule has 0 aliphatic rings. The number of alkyl halides is 2. The van der Waals surface area contributed by atoms with Gasteiger partial charge in [0, 0.05) is 11.4 Å². The minimum Gasteiger partial charge on any atom is -0.493 e. The van der Waals surface area contributed by atoms with Gasteiger partial charge < -0.3 is 14.8 Å². The molecule has 0 atom stereocenters. The van der Waals surface area contributed by atoms with Gasteiger partial charge in [0.2, 0.25) is 5.91 Å². The Hall–Kier alpha value is -2.32. The van der Waals surface area contributed by atoms with Crippen LogP contribution < -0.4 is 14.8 Å². The van der Waals surface area contributed by atoms with E-state index in [0.29, 0.717) is 6.54 Å².